The summed E-state index contributed by atoms with van der Waals surface area (Å²) in [6.45, 7) is 0.674. The average Bonchev–Trinajstić information content (AvgIpc) is 2.58. The van der Waals surface area contributed by atoms with E-state index < -0.39 is 30.1 Å². The zero-order chi connectivity index (χ0) is 11.1. The Kier molecular flexibility index (Phi) is 2.50. The van der Waals surface area contributed by atoms with Crippen molar-refractivity contribution in [2.75, 3.05) is 6.61 Å². The van der Waals surface area contributed by atoms with Crippen molar-refractivity contribution in [1.82, 2.24) is 0 Å². The standard InChI is InChI=1S/C10H13FO4/c1-6(12)14-5-10(11)8(13)4-7-2-3-9(10)15-7/h7,9H,2-5H2,1H3/t7-,9+,10-/m0/s1. The van der Waals surface area contributed by atoms with Crippen LogP contribution in [0.4, 0.5) is 4.39 Å². The van der Waals surface area contributed by atoms with Crippen LogP contribution >= 0.6 is 0 Å². The SMILES string of the molecule is CC(=O)OC[C@]1(F)C(=O)C[C@@H]2CC[C@H]1O2. The van der Waals surface area contributed by atoms with Gasteiger partial charge in [-0.05, 0) is 12.8 Å². The number of carbonyl (C=O) groups excluding carboxylic acids is 2. The molecule has 0 N–H and O–H groups in total. The molecule has 0 spiro atoms. The van der Waals surface area contributed by atoms with E-state index in [-0.39, 0.29) is 12.5 Å². The van der Waals surface area contributed by atoms with Crippen LogP contribution in [0, 0.1) is 0 Å². The summed E-state index contributed by atoms with van der Waals surface area (Å²) in [6.07, 6.45) is 0.455. The molecule has 84 valence electrons. The van der Waals surface area contributed by atoms with Crippen molar-refractivity contribution in [3.05, 3.63) is 0 Å². The maximum absolute atomic E-state index is 14.3. The van der Waals surface area contributed by atoms with Crippen LogP contribution in [0.1, 0.15) is 26.2 Å². The van der Waals surface area contributed by atoms with Crippen LogP contribution in [0.3, 0.4) is 0 Å². The topological polar surface area (TPSA) is 52.6 Å². The van der Waals surface area contributed by atoms with Crippen LogP contribution < -0.4 is 0 Å². The summed E-state index contributed by atoms with van der Waals surface area (Å²) >= 11 is 0. The molecule has 0 saturated carbocycles. The Hall–Kier alpha value is -0.970. The van der Waals surface area contributed by atoms with Crippen molar-refractivity contribution in [2.45, 2.75) is 44.1 Å². The smallest absolute Gasteiger partial charge is 0.302 e. The van der Waals surface area contributed by atoms with Gasteiger partial charge in [-0.1, -0.05) is 0 Å². The molecule has 2 heterocycles. The van der Waals surface area contributed by atoms with E-state index in [1.807, 2.05) is 0 Å². The molecular formula is C10H13FO4. The Labute approximate surface area is 86.7 Å². The van der Waals surface area contributed by atoms with Gasteiger partial charge >= 0.3 is 5.97 Å². The fraction of sp³-hybridized carbons (Fsp3) is 0.800. The maximum Gasteiger partial charge on any atom is 0.302 e. The zero-order valence-corrected chi connectivity index (χ0v) is 8.49. The molecule has 2 saturated heterocycles. The first kappa shape index (κ1) is 10.5. The Balaban J connectivity index is 2.10. The molecule has 5 heteroatoms. The van der Waals surface area contributed by atoms with Crippen molar-refractivity contribution >= 4 is 11.8 Å². The molecule has 4 nitrogen and oxygen atoms in total. The molecule has 0 aromatic carbocycles. The van der Waals surface area contributed by atoms with Crippen LogP contribution in [0.15, 0.2) is 0 Å². The van der Waals surface area contributed by atoms with Gasteiger partial charge in [-0.25, -0.2) is 4.39 Å². The van der Waals surface area contributed by atoms with E-state index in [2.05, 4.69) is 4.74 Å². The average molecular weight is 216 g/mol. The second kappa shape index (κ2) is 3.56. The first-order valence-electron chi connectivity index (χ1n) is 5.03. The van der Waals surface area contributed by atoms with Gasteiger partial charge in [-0.2, -0.15) is 0 Å². The Morgan fingerprint density at radius 3 is 3.07 bits per heavy atom. The lowest BCUT2D eigenvalue weighted by Gasteiger charge is -2.33. The summed E-state index contributed by atoms with van der Waals surface area (Å²) in [6, 6.07) is 0. The molecule has 0 aliphatic carbocycles. The van der Waals surface area contributed by atoms with Crippen LogP contribution in [0.2, 0.25) is 0 Å². The number of carbonyl (C=O) groups is 2. The Morgan fingerprint density at radius 1 is 1.67 bits per heavy atom. The number of rotatable bonds is 2. The molecule has 0 unspecified atom stereocenters. The lowest BCUT2D eigenvalue weighted by molar-refractivity contribution is -0.170. The zero-order valence-electron chi connectivity index (χ0n) is 8.49. The summed E-state index contributed by atoms with van der Waals surface area (Å²) < 4.78 is 24.2. The minimum Gasteiger partial charge on any atom is -0.462 e. The number of esters is 1. The summed E-state index contributed by atoms with van der Waals surface area (Å²) in [7, 11) is 0. The number of ketones is 1. The van der Waals surface area contributed by atoms with E-state index in [1.54, 1.807) is 0 Å². The molecule has 0 amide bonds. The monoisotopic (exact) mass is 216 g/mol. The van der Waals surface area contributed by atoms with Gasteiger partial charge in [0.15, 0.2) is 5.78 Å². The largest absolute Gasteiger partial charge is 0.462 e. The second-order valence-electron chi connectivity index (χ2n) is 4.09. The summed E-state index contributed by atoms with van der Waals surface area (Å²) in [4.78, 5) is 22.1. The molecule has 0 aromatic rings. The Bertz CT molecular complexity index is 304. The molecule has 3 atom stereocenters. The highest BCUT2D eigenvalue weighted by Crippen LogP contribution is 2.39. The van der Waals surface area contributed by atoms with Crippen molar-refractivity contribution in [1.29, 1.82) is 0 Å². The number of alkyl halides is 1. The van der Waals surface area contributed by atoms with Gasteiger partial charge in [0.25, 0.3) is 0 Å². The number of Topliss-reactive ketones (excluding diaryl/α,β-unsaturated/α-hetero) is 1. The first-order valence-corrected chi connectivity index (χ1v) is 5.03. The third kappa shape index (κ3) is 1.76. The van der Waals surface area contributed by atoms with Gasteiger partial charge < -0.3 is 9.47 Å². The number of fused-ring (bicyclic) bond motifs is 2. The van der Waals surface area contributed by atoms with E-state index in [4.69, 9.17) is 4.74 Å². The molecule has 15 heavy (non-hydrogen) atoms. The van der Waals surface area contributed by atoms with E-state index >= 15 is 0 Å². The van der Waals surface area contributed by atoms with Crippen molar-refractivity contribution in [3.63, 3.8) is 0 Å². The molecule has 0 radical (unpaired) electrons. The molecule has 2 fully saturated rings. The van der Waals surface area contributed by atoms with Crippen molar-refractivity contribution < 1.29 is 23.5 Å². The van der Waals surface area contributed by atoms with E-state index in [9.17, 15) is 14.0 Å². The van der Waals surface area contributed by atoms with Gasteiger partial charge in [-0.15, -0.1) is 0 Å². The van der Waals surface area contributed by atoms with Crippen molar-refractivity contribution in [2.24, 2.45) is 0 Å². The van der Waals surface area contributed by atoms with Gasteiger partial charge in [0, 0.05) is 13.3 Å². The highest BCUT2D eigenvalue weighted by molar-refractivity contribution is 5.89. The van der Waals surface area contributed by atoms with Crippen LogP contribution in [0.25, 0.3) is 0 Å². The molecule has 2 aliphatic rings. The Morgan fingerprint density at radius 2 is 2.40 bits per heavy atom. The summed E-state index contributed by atoms with van der Waals surface area (Å²) in [5.41, 5.74) is -2.13. The minimum atomic E-state index is -2.13. The van der Waals surface area contributed by atoms with Crippen LogP contribution in [-0.2, 0) is 19.1 Å². The second-order valence-corrected chi connectivity index (χ2v) is 4.09. The minimum absolute atomic E-state index is 0.0915. The number of ether oxygens (including phenoxy) is 2. The highest BCUT2D eigenvalue weighted by atomic mass is 19.1. The maximum atomic E-state index is 14.3. The highest BCUT2D eigenvalue weighted by Gasteiger charge is 2.55. The number of halogens is 1. The van der Waals surface area contributed by atoms with E-state index in [1.165, 1.54) is 6.92 Å². The van der Waals surface area contributed by atoms with Gasteiger partial charge in [0.05, 0.1) is 6.10 Å². The molecule has 2 rings (SSSR count). The summed E-state index contributed by atoms with van der Waals surface area (Å²) in [5.74, 6) is -1.08. The van der Waals surface area contributed by atoms with E-state index in [0.717, 1.165) is 0 Å². The molecule has 2 aliphatic heterocycles. The van der Waals surface area contributed by atoms with Gasteiger partial charge in [0.2, 0.25) is 5.67 Å². The van der Waals surface area contributed by atoms with Crippen LogP contribution in [-0.4, -0.2) is 36.2 Å². The predicted molar refractivity (Wildman–Crippen MR) is 48.0 cm³/mol. The number of hydrogen-bond acceptors (Lipinski definition) is 4. The molecule has 2 bridgehead atoms. The normalized spacial score (nSPS) is 39.2. The quantitative estimate of drug-likeness (QED) is 0.640. The summed E-state index contributed by atoms with van der Waals surface area (Å²) in [5, 5.41) is 0. The third-order valence-electron chi connectivity index (χ3n) is 2.98. The molecular weight excluding hydrogens is 203 g/mol. The van der Waals surface area contributed by atoms with Crippen molar-refractivity contribution in [3.8, 4) is 0 Å². The fourth-order valence-corrected chi connectivity index (χ4v) is 2.13. The molecule has 0 aromatic heterocycles. The van der Waals surface area contributed by atoms with Crippen LogP contribution in [0.5, 0.6) is 0 Å². The van der Waals surface area contributed by atoms with Gasteiger partial charge in [0.1, 0.15) is 12.7 Å². The predicted octanol–water partition coefficient (Wildman–Crippen LogP) is 0.778. The number of hydrogen-bond donors (Lipinski definition) is 0. The van der Waals surface area contributed by atoms with E-state index in [0.29, 0.717) is 12.8 Å². The van der Waals surface area contributed by atoms with Gasteiger partial charge in [-0.3, -0.25) is 9.59 Å². The lowest BCUT2D eigenvalue weighted by atomic mass is 9.91. The fourth-order valence-electron chi connectivity index (χ4n) is 2.13. The lowest BCUT2D eigenvalue weighted by Crippen LogP contribution is -2.53. The first-order chi connectivity index (χ1) is 7.02. The third-order valence-corrected chi connectivity index (χ3v) is 2.98.